The summed E-state index contributed by atoms with van der Waals surface area (Å²) in [7, 11) is 1.17. The van der Waals surface area contributed by atoms with Crippen LogP contribution in [0.4, 0.5) is 0 Å². The van der Waals surface area contributed by atoms with Gasteiger partial charge in [0.2, 0.25) is 6.29 Å². The van der Waals surface area contributed by atoms with Crippen LogP contribution in [0.1, 0.15) is 20.7 Å². The van der Waals surface area contributed by atoms with Crippen molar-refractivity contribution in [3.05, 3.63) is 53.6 Å². The van der Waals surface area contributed by atoms with Crippen molar-refractivity contribution >= 4 is 11.9 Å². The second-order valence-electron chi connectivity index (χ2n) is 6.95. The van der Waals surface area contributed by atoms with Crippen molar-refractivity contribution in [2.24, 2.45) is 0 Å². The first-order chi connectivity index (χ1) is 15.2. The monoisotopic (exact) mass is 450 g/mol. The lowest BCUT2D eigenvalue weighted by molar-refractivity contribution is -0.277. The summed E-state index contributed by atoms with van der Waals surface area (Å²) in [4.78, 5) is 23.8. The molecular weight excluding hydrogens is 428 g/mol. The second-order valence-corrected chi connectivity index (χ2v) is 6.95. The molecule has 32 heavy (non-hydrogen) atoms. The van der Waals surface area contributed by atoms with E-state index < -0.39 is 49.3 Å². The fourth-order valence-electron chi connectivity index (χ4n) is 2.97. The van der Waals surface area contributed by atoms with Gasteiger partial charge in [0.15, 0.2) is 11.5 Å². The zero-order valence-corrected chi connectivity index (χ0v) is 16.8. The summed E-state index contributed by atoms with van der Waals surface area (Å²) in [5.74, 6) is -2.15. The van der Waals surface area contributed by atoms with E-state index in [0.29, 0.717) is 0 Å². The Morgan fingerprint density at radius 2 is 1.56 bits per heavy atom. The van der Waals surface area contributed by atoms with E-state index in [-0.39, 0.29) is 28.4 Å². The average Bonchev–Trinajstić information content (AvgIpc) is 2.79. The van der Waals surface area contributed by atoms with Gasteiger partial charge in [0.1, 0.15) is 36.8 Å². The number of carbonyl (C=O) groups excluding carboxylic acids is 2. The molecule has 0 aliphatic carbocycles. The van der Waals surface area contributed by atoms with Crippen LogP contribution in [0.2, 0.25) is 0 Å². The smallest absolute Gasteiger partial charge is 0.338 e. The van der Waals surface area contributed by atoms with E-state index >= 15 is 0 Å². The van der Waals surface area contributed by atoms with Crippen molar-refractivity contribution in [2.75, 3.05) is 13.7 Å². The highest BCUT2D eigenvalue weighted by Crippen LogP contribution is 2.31. The molecular formula is C21H22O11. The predicted octanol–water partition coefficient (Wildman–Crippen LogP) is -0.0722. The number of aliphatic hydroxyl groups is 3. The number of carbonyl (C=O) groups is 2. The normalized spacial score (nSPS) is 25.1. The Bertz CT molecular complexity index is 959. The summed E-state index contributed by atoms with van der Waals surface area (Å²) in [6.45, 7) is -0.501. The van der Waals surface area contributed by atoms with Gasteiger partial charge in [-0.3, -0.25) is 0 Å². The first-order valence-corrected chi connectivity index (χ1v) is 9.45. The molecule has 0 saturated carbocycles. The van der Waals surface area contributed by atoms with Crippen LogP contribution in [0.3, 0.4) is 0 Å². The fraction of sp³-hybridized carbons (Fsp3) is 0.333. The summed E-state index contributed by atoms with van der Waals surface area (Å²) in [6.07, 6.45) is -7.94. The SMILES string of the molecule is COC(=O)c1ccc(O)c(OC2OC(COC(=O)c3ccc(O)cc3)C(O)C(O)C2O)c1. The average molecular weight is 450 g/mol. The van der Waals surface area contributed by atoms with Crippen LogP contribution >= 0.6 is 0 Å². The van der Waals surface area contributed by atoms with Gasteiger partial charge in [0.25, 0.3) is 0 Å². The molecule has 5 unspecified atom stereocenters. The summed E-state index contributed by atoms with van der Waals surface area (Å²) in [5, 5.41) is 49.8. The van der Waals surface area contributed by atoms with E-state index in [2.05, 4.69) is 4.74 Å². The van der Waals surface area contributed by atoms with Crippen molar-refractivity contribution in [1.82, 2.24) is 0 Å². The highest BCUT2D eigenvalue weighted by Gasteiger charge is 2.45. The largest absolute Gasteiger partial charge is 0.508 e. The number of methoxy groups -OCH3 is 1. The Morgan fingerprint density at radius 3 is 2.22 bits per heavy atom. The summed E-state index contributed by atoms with van der Waals surface area (Å²) in [5.41, 5.74) is 0.177. The highest BCUT2D eigenvalue weighted by atomic mass is 16.7. The van der Waals surface area contributed by atoms with Crippen LogP contribution in [-0.4, -0.2) is 81.9 Å². The minimum Gasteiger partial charge on any atom is -0.508 e. The second kappa shape index (κ2) is 9.83. The number of esters is 2. The van der Waals surface area contributed by atoms with Gasteiger partial charge in [-0.25, -0.2) is 9.59 Å². The number of ether oxygens (including phenoxy) is 4. The molecule has 0 radical (unpaired) electrons. The lowest BCUT2D eigenvalue weighted by Crippen LogP contribution is -2.60. The highest BCUT2D eigenvalue weighted by molar-refractivity contribution is 5.90. The third-order valence-corrected chi connectivity index (χ3v) is 4.77. The van der Waals surface area contributed by atoms with Gasteiger partial charge in [-0.05, 0) is 42.5 Å². The zero-order valence-electron chi connectivity index (χ0n) is 16.8. The standard InChI is InChI=1S/C21H22O11/c1-29-19(27)11-4-7-13(23)14(8-11)31-21-18(26)17(25)16(24)15(32-21)9-30-20(28)10-2-5-12(22)6-3-10/h2-8,15-18,21-26H,9H2,1H3. The number of aromatic hydroxyl groups is 2. The third-order valence-electron chi connectivity index (χ3n) is 4.77. The number of hydrogen-bond donors (Lipinski definition) is 5. The van der Waals surface area contributed by atoms with Crippen molar-refractivity contribution in [2.45, 2.75) is 30.7 Å². The molecule has 1 heterocycles. The molecule has 1 aliphatic heterocycles. The molecule has 0 aromatic heterocycles. The Labute approximate surface area is 182 Å². The maximum atomic E-state index is 12.1. The molecule has 5 N–H and O–H groups in total. The summed E-state index contributed by atoms with van der Waals surface area (Å²) < 4.78 is 20.5. The molecule has 172 valence electrons. The molecule has 1 aliphatic rings. The maximum absolute atomic E-state index is 12.1. The fourth-order valence-corrected chi connectivity index (χ4v) is 2.97. The lowest BCUT2D eigenvalue weighted by atomic mass is 9.99. The molecule has 3 rings (SSSR count). The molecule has 11 nitrogen and oxygen atoms in total. The molecule has 5 atom stereocenters. The Hall–Kier alpha value is -3.38. The zero-order chi connectivity index (χ0) is 23.4. The molecule has 0 spiro atoms. The number of phenolic OH excluding ortho intramolecular Hbond substituents is 2. The molecule has 2 aromatic carbocycles. The maximum Gasteiger partial charge on any atom is 0.338 e. The number of aliphatic hydroxyl groups excluding tert-OH is 3. The van der Waals surface area contributed by atoms with Gasteiger partial charge in [0.05, 0.1) is 18.2 Å². The van der Waals surface area contributed by atoms with Crippen molar-refractivity contribution in [3.63, 3.8) is 0 Å². The molecule has 0 bridgehead atoms. The van der Waals surface area contributed by atoms with Crippen molar-refractivity contribution in [3.8, 4) is 17.2 Å². The van der Waals surface area contributed by atoms with Gasteiger partial charge in [-0.2, -0.15) is 0 Å². The van der Waals surface area contributed by atoms with Crippen LogP contribution in [0.5, 0.6) is 17.2 Å². The Balaban J connectivity index is 1.70. The van der Waals surface area contributed by atoms with Crippen LogP contribution in [0.15, 0.2) is 42.5 Å². The summed E-state index contributed by atoms with van der Waals surface area (Å²) >= 11 is 0. The van der Waals surface area contributed by atoms with E-state index in [0.717, 1.165) is 6.07 Å². The number of rotatable bonds is 6. The lowest BCUT2D eigenvalue weighted by Gasteiger charge is -2.39. The van der Waals surface area contributed by atoms with E-state index in [1.54, 1.807) is 0 Å². The third kappa shape index (κ3) is 5.08. The molecule has 1 saturated heterocycles. The molecule has 11 heteroatoms. The van der Waals surface area contributed by atoms with E-state index in [1.165, 1.54) is 43.5 Å². The number of phenols is 2. The minimum atomic E-state index is -1.73. The quantitative estimate of drug-likeness (QED) is 0.373. The number of hydrogen-bond acceptors (Lipinski definition) is 11. The van der Waals surface area contributed by atoms with E-state index in [1.807, 2.05) is 0 Å². The molecule has 2 aromatic rings. The Kier molecular flexibility index (Phi) is 7.15. The first-order valence-electron chi connectivity index (χ1n) is 9.45. The first kappa shape index (κ1) is 23.3. The van der Waals surface area contributed by atoms with Gasteiger partial charge in [-0.1, -0.05) is 0 Å². The van der Waals surface area contributed by atoms with E-state index in [4.69, 9.17) is 14.2 Å². The number of benzene rings is 2. The molecule has 1 fully saturated rings. The van der Waals surface area contributed by atoms with Crippen molar-refractivity contribution < 1.29 is 54.1 Å². The Morgan fingerprint density at radius 1 is 0.906 bits per heavy atom. The minimum absolute atomic E-state index is 0.0378. The van der Waals surface area contributed by atoms with Crippen LogP contribution in [0.25, 0.3) is 0 Å². The predicted molar refractivity (Wildman–Crippen MR) is 105 cm³/mol. The summed E-state index contributed by atoms with van der Waals surface area (Å²) in [6, 6.07) is 8.85. The van der Waals surface area contributed by atoms with Gasteiger partial charge < -0.3 is 44.5 Å². The van der Waals surface area contributed by atoms with Crippen molar-refractivity contribution in [1.29, 1.82) is 0 Å². The van der Waals surface area contributed by atoms with E-state index in [9.17, 15) is 35.1 Å². The van der Waals surface area contributed by atoms with Crippen LogP contribution in [0, 0.1) is 0 Å². The topological polar surface area (TPSA) is 172 Å². The molecule has 0 amide bonds. The van der Waals surface area contributed by atoms with Gasteiger partial charge in [0, 0.05) is 0 Å². The van der Waals surface area contributed by atoms with Gasteiger partial charge >= 0.3 is 11.9 Å². The van der Waals surface area contributed by atoms with Crippen LogP contribution < -0.4 is 4.74 Å². The van der Waals surface area contributed by atoms with Gasteiger partial charge in [-0.15, -0.1) is 0 Å². The van der Waals surface area contributed by atoms with Crippen LogP contribution in [-0.2, 0) is 14.2 Å².